The molecule has 4 aromatic heterocycles. The molecule has 0 fully saturated rings. The van der Waals surface area contributed by atoms with Gasteiger partial charge in [0.05, 0.1) is 16.9 Å². The Labute approximate surface area is 163 Å². The third-order valence-electron chi connectivity index (χ3n) is 4.46. The van der Waals surface area contributed by atoms with Crippen LogP contribution in [0.3, 0.4) is 0 Å². The average Bonchev–Trinajstić information content (AvgIpc) is 3.45. The van der Waals surface area contributed by atoms with Gasteiger partial charge in [0, 0.05) is 4.88 Å². The van der Waals surface area contributed by atoms with Gasteiger partial charge < -0.3 is 13.3 Å². The number of aromatic nitrogens is 4. The molecule has 9 heteroatoms. The molecular formula is C18H16N4O3S2. The Balaban J connectivity index is 1.26. The Hall–Kier alpha value is -2.39. The summed E-state index contributed by atoms with van der Waals surface area (Å²) < 4.78 is 16.6. The number of thiophene rings is 1. The fourth-order valence-electron chi connectivity index (χ4n) is 3.11. The number of fused-ring (bicyclic) bond motifs is 1. The van der Waals surface area contributed by atoms with E-state index in [0.29, 0.717) is 34.4 Å². The minimum Gasteiger partial charge on any atom is -0.459 e. The lowest BCUT2D eigenvalue weighted by Crippen LogP contribution is -2.07. The van der Waals surface area contributed by atoms with Crippen LogP contribution in [0.4, 0.5) is 0 Å². The fraction of sp³-hybridized carbons (Fsp3) is 0.333. The standard InChI is InChI=1S/C18H16N4O3S2/c1-10-4-5-13-11(7-10)8-14(27-13)17-21-22-18(25-17)26-9-15-19-20-16(24-15)12-3-2-6-23-12/h2-3,6,8,10H,4-5,7,9H2,1H3/t10-/m0/s1. The molecule has 0 aliphatic heterocycles. The first-order chi connectivity index (χ1) is 13.2. The summed E-state index contributed by atoms with van der Waals surface area (Å²) in [7, 11) is 0. The molecule has 0 aromatic carbocycles. The largest absolute Gasteiger partial charge is 0.459 e. The predicted octanol–water partition coefficient (Wildman–Crippen LogP) is 4.86. The highest BCUT2D eigenvalue weighted by atomic mass is 32.2. The molecule has 1 aliphatic rings. The van der Waals surface area contributed by atoms with Gasteiger partial charge in [0.25, 0.3) is 17.0 Å². The first kappa shape index (κ1) is 16.8. The maximum atomic E-state index is 5.82. The maximum absolute atomic E-state index is 5.82. The minimum absolute atomic E-state index is 0.361. The fourth-order valence-corrected chi connectivity index (χ4v) is 4.84. The number of hydrogen-bond acceptors (Lipinski definition) is 9. The number of nitrogens with zero attached hydrogens (tertiary/aromatic N) is 4. The van der Waals surface area contributed by atoms with Gasteiger partial charge >= 0.3 is 0 Å². The summed E-state index contributed by atoms with van der Waals surface area (Å²) in [5, 5.41) is 16.8. The van der Waals surface area contributed by atoms with Crippen molar-refractivity contribution in [1.82, 2.24) is 20.4 Å². The molecule has 0 saturated carbocycles. The SMILES string of the molecule is C[C@H]1CCc2sc(-c3nnc(SCc4nnc(-c5ccco5)o4)o3)cc2C1. The Morgan fingerprint density at radius 3 is 3.00 bits per heavy atom. The number of hydrogen-bond donors (Lipinski definition) is 0. The monoisotopic (exact) mass is 400 g/mol. The highest BCUT2D eigenvalue weighted by molar-refractivity contribution is 7.98. The first-order valence-electron chi connectivity index (χ1n) is 8.69. The lowest BCUT2D eigenvalue weighted by molar-refractivity contribution is 0.464. The van der Waals surface area contributed by atoms with E-state index in [1.165, 1.54) is 28.6 Å². The van der Waals surface area contributed by atoms with Crippen molar-refractivity contribution < 1.29 is 13.3 Å². The molecule has 0 amide bonds. The smallest absolute Gasteiger partial charge is 0.283 e. The maximum Gasteiger partial charge on any atom is 0.283 e. The summed E-state index contributed by atoms with van der Waals surface area (Å²) in [4.78, 5) is 2.50. The summed E-state index contributed by atoms with van der Waals surface area (Å²) >= 11 is 3.14. The molecule has 0 bridgehead atoms. The predicted molar refractivity (Wildman–Crippen MR) is 100 cm³/mol. The second-order valence-corrected chi connectivity index (χ2v) is 8.61. The first-order valence-corrected chi connectivity index (χ1v) is 10.5. The van der Waals surface area contributed by atoms with E-state index in [1.807, 2.05) is 0 Å². The van der Waals surface area contributed by atoms with Crippen LogP contribution in [0.15, 0.2) is 42.9 Å². The normalized spacial score (nSPS) is 16.6. The molecule has 0 saturated heterocycles. The highest BCUT2D eigenvalue weighted by Crippen LogP contribution is 2.37. The van der Waals surface area contributed by atoms with Crippen molar-refractivity contribution in [3.8, 4) is 22.4 Å². The van der Waals surface area contributed by atoms with Gasteiger partial charge in [-0.2, -0.15) is 0 Å². The van der Waals surface area contributed by atoms with Crippen molar-refractivity contribution >= 4 is 23.1 Å². The number of furan rings is 1. The third-order valence-corrected chi connectivity index (χ3v) is 6.49. The Kier molecular flexibility index (Phi) is 4.33. The van der Waals surface area contributed by atoms with Crippen molar-refractivity contribution in [1.29, 1.82) is 0 Å². The van der Waals surface area contributed by atoms with E-state index < -0.39 is 0 Å². The van der Waals surface area contributed by atoms with Crippen molar-refractivity contribution in [2.45, 2.75) is 37.2 Å². The Bertz CT molecular complexity index is 1050. The van der Waals surface area contributed by atoms with Gasteiger partial charge in [0.2, 0.25) is 5.89 Å². The molecule has 0 radical (unpaired) electrons. The van der Waals surface area contributed by atoms with E-state index in [-0.39, 0.29) is 0 Å². The molecule has 1 aliphatic carbocycles. The minimum atomic E-state index is 0.361. The lowest BCUT2D eigenvalue weighted by atomic mass is 9.90. The van der Waals surface area contributed by atoms with E-state index in [1.54, 1.807) is 29.7 Å². The molecule has 138 valence electrons. The number of thioether (sulfide) groups is 1. The molecule has 27 heavy (non-hydrogen) atoms. The van der Waals surface area contributed by atoms with E-state index in [2.05, 4.69) is 33.4 Å². The van der Waals surface area contributed by atoms with Crippen molar-refractivity contribution in [3.05, 3.63) is 40.8 Å². The molecule has 0 N–H and O–H groups in total. The molecule has 0 unspecified atom stereocenters. The van der Waals surface area contributed by atoms with Gasteiger partial charge in [-0.15, -0.1) is 31.7 Å². The molecule has 0 spiro atoms. The second-order valence-electron chi connectivity index (χ2n) is 6.55. The van der Waals surface area contributed by atoms with Crippen molar-refractivity contribution in [3.63, 3.8) is 0 Å². The Morgan fingerprint density at radius 1 is 1.19 bits per heavy atom. The third kappa shape index (κ3) is 3.44. The van der Waals surface area contributed by atoms with E-state index in [0.717, 1.165) is 23.6 Å². The molecule has 4 aromatic rings. The molecule has 7 nitrogen and oxygen atoms in total. The van der Waals surface area contributed by atoms with Crippen LogP contribution in [-0.2, 0) is 18.6 Å². The van der Waals surface area contributed by atoms with Gasteiger partial charge in [-0.25, -0.2) is 0 Å². The van der Waals surface area contributed by atoms with Gasteiger partial charge in [0.15, 0.2) is 5.76 Å². The summed E-state index contributed by atoms with van der Waals surface area (Å²) in [6, 6.07) is 5.75. The van der Waals surface area contributed by atoms with Crippen molar-refractivity contribution in [2.24, 2.45) is 5.92 Å². The molecule has 1 atom stereocenters. The van der Waals surface area contributed by atoms with E-state index in [9.17, 15) is 0 Å². The highest BCUT2D eigenvalue weighted by Gasteiger charge is 2.21. The van der Waals surface area contributed by atoms with Gasteiger partial charge in [-0.1, -0.05) is 18.7 Å². The van der Waals surface area contributed by atoms with Gasteiger partial charge in [0.1, 0.15) is 0 Å². The zero-order chi connectivity index (χ0) is 18.2. The van der Waals surface area contributed by atoms with Crippen LogP contribution in [0.1, 0.15) is 29.7 Å². The lowest BCUT2D eigenvalue weighted by Gasteiger charge is -2.16. The summed E-state index contributed by atoms with van der Waals surface area (Å²) in [5.41, 5.74) is 1.43. The summed E-state index contributed by atoms with van der Waals surface area (Å²) in [5.74, 6) is 3.16. The topological polar surface area (TPSA) is 91.0 Å². The van der Waals surface area contributed by atoms with Gasteiger partial charge in [-0.3, -0.25) is 0 Å². The quantitative estimate of drug-likeness (QED) is 0.439. The van der Waals surface area contributed by atoms with E-state index >= 15 is 0 Å². The molecule has 4 heterocycles. The summed E-state index contributed by atoms with van der Waals surface area (Å²) in [6.07, 6.45) is 5.10. The summed E-state index contributed by atoms with van der Waals surface area (Å²) in [6.45, 7) is 2.30. The van der Waals surface area contributed by atoms with Crippen LogP contribution >= 0.6 is 23.1 Å². The molecular weight excluding hydrogens is 384 g/mol. The van der Waals surface area contributed by atoms with Gasteiger partial charge in [-0.05, 0) is 48.9 Å². The van der Waals surface area contributed by atoms with Crippen LogP contribution in [0.25, 0.3) is 22.4 Å². The van der Waals surface area contributed by atoms with Crippen LogP contribution in [-0.4, -0.2) is 20.4 Å². The van der Waals surface area contributed by atoms with E-state index in [4.69, 9.17) is 13.3 Å². The van der Waals surface area contributed by atoms with Crippen LogP contribution < -0.4 is 0 Å². The zero-order valence-electron chi connectivity index (χ0n) is 14.5. The van der Waals surface area contributed by atoms with Crippen LogP contribution in [0.2, 0.25) is 0 Å². The number of rotatable bonds is 5. The zero-order valence-corrected chi connectivity index (χ0v) is 16.2. The number of aryl methyl sites for hydroxylation is 1. The van der Waals surface area contributed by atoms with Crippen LogP contribution in [0.5, 0.6) is 0 Å². The van der Waals surface area contributed by atoms with Crippen LogP contribution in [0, 0.1) is 5.92 Å². The second kappa shape index (κ2) is 6.97. The Morgan fingerprint density at radius 2 is 2.11 bits per heavy atom. The molecule has 5 rings (SSSR count). The average molecular weight is 400 g/mol. The van der Waals surface area contributed by atoms with Crippen molar-refractivity contribution in [2.75, 3.05) is 0 Å².